The van der Waals surface area contributed by atoms with E-state index in [-0.39, 0.29) is 5.92 Å². The Labute approximate surface area is 111 Å². The zero-order chi connectivity index (χ0) is 13.1. The van der Waals surface area contributed by atoms with Gasteiger partial charge in [-0.2, -0.15) is 5.10 Å². The Balaban J connectivity index is 2.36. The Morgan fingerprint density at radius 2 is 2.22 bits per heavy atom. The summed E-state index contributed by atoms with van der Waals surface area (Å²) in [4.78, 5) is 0. The Hall–Kier alpha value is -1.52. The molecule has 0 bridgehead atoms. The summed E-state index contributed by atoms with van der Waals surface area (Å²) in [5, 5.41) is 7.77. The number of rotatable bonds is 4. The second-order valence-electron chi connectivity index (χ2n) is 4.16. The fourth-order valence-corrected chi connectivity index (χ4v) is 2.21. The van der Waals surface area contributed by atoms with Gasteiger partial charge < -0.3 is 10.5 Å². The van der Waals surface area contributed by atoms with E-state index in [9.17, 15) is 0 Å². The zero-order valence-corrected chi connectivity index (χ0v) is 11.2. The predicted molar refractivity (Wildman–Crippen MR) is 72.2 cm³/mol. The van der Waals surface area contributed by atoms with E-state index >= 15 is 0 Å². The highest BCUT2D eigenvalue weighted by Gasteiger charge is 2.16. The highest BCUT2D eigenvalue weighted by Crippen LogP contribution is 2.30. The highest BCUT2D eigenvalue weighted by atomic mass is 35.5. The quantitative estimate of drug-likeness (QED) is 0.893. The molecule has 2 aromatic rings. The number of benzene rings is 1. The van der Waals surface area contributed by atoms with E-state index in [4.69, 9.17) is 22.1 Å². The minimum absolute atomic E-state index is 0.0401. The number of ether oxygens (including phenoxy) is 1. The van der Waals surface area contributed by atoms with Crippen molar-refractivity contribution in [3.63, 3.8) is 0 Å². The van der Waals surface area contributed by atoms with Crippen LogP contribution in [0.4, 0.5) is 0 Å². The third-order valence-electron chi connectivity index (χ3n) is 2.90. The lowest BCUT2D eigenvalue weighted by Gasteiger charge is -2.14. The first-order valence-corrected chi connectivity index (χ1v) is 6.09. The number of aromatic nitrogens is 2. The first kappa shape index (κ1) is 12.9. The molecule has 0 aliphatic carbocycles. The molecule has 4 nitrogen and oxygen atoms in total. The standard InChI is InChI=1S/C13H16ClN3O/c1-8-5-12(17-16-8)10(7-15)9-3-4-13(18-2)11(14)6-9/h3-6,10H,7,15H2,1-2H3,(H,16,17). The first-order valence-electron chi connectivity index (χ1n) is 5.71. The fraction of sp³-hybridized carbons (Fsp3) is 0.308. The van der Waals surface area contributed by atoms with Crippen LogP contribution in [-0.4, -0.2) is 23.9 Å². The maximum absolute atomic E-state index is 6.13. The van der Waals surface area contributed by atoms with Gasteiger partial charge in [-0.1, -0.05) is 17.7 Å². The van der Waals surface area contributed by atoms with Crippen LogP contribution in [0.3, 0.4) is 0 Å². The van der Waals surface area contributed by atoms with Crippen molar-refractivity contribution in [2.45, 2.75) is 12.8 Å². The third kappa shape index (κ3) is 2.49. The van der Waals surface area contributed by atoms with Crippen LogP contribution in [0.2, 0.25) is 5.02 Å². The monoisotopic (exact) mass is 265 g/mol. The van der Waals surface area contributed by atoms with Gasteiger partial charge in [-0.3, -0.25) is 5.10 Å². The van der Waals surface area contributed by atoms with E-state index in [1.807, 2.05) is 31.2 Å². The lowest BCUT2D eigenvalue weighted by atomic mass is 9.95. The second kappa shape index (κ2) is 5.42. The lowest BCUT2D eigenvalue weighted by molar-refractivity contribution is 0.415. The largest absolute Gasteiger partial charge is 0.495 e. The third-order valence-corrected chi connectivity index (χ3v) is 3.19. The van der Waals surface area contributed by atoms with Crippen LogP contribution in [0, 0.1) is 6.92 Å². The van der Waals surface area contributed by atoms with E-state index in [0.717, 1.165) is 17.0 Å². The van der Waals surface area contributed by atoms with Gasteiger partial charge in [-0.05, 0) is 30.7 Å². The minimum atomic E-state index is 0.0401. The molecule has 0 aliphatic rings. The van der Waals surface area contributed by atoms with Crippen LogP contribution in [0.1, 0.15) is 22.9 Å². The maximum atomic E-state index is 6.13. The van der Waals surface area contributed by atoms with Gasteiger partial charge in [0.05, 0.1) is 17.8 Å². The molecule has 1 atom stereocenters. The highest BCUT2D eigenvalue weighted by molar-refractivity contribution is 6.32. The molecule has 0 saturated heterocycles. The molecule has 0 radical (unpaired) electrons. The molecule has 0 aliphatic heterocycles. The van der Waals surface area contributed by atoms with Crippen molar-refractivity contribution in [3.05, 3.63) is 46.2 Å². The van der Waals surface area contributed by atoms with Crippen LogP contribution in [0.25, 0.3) is 0 Å². The molecule has 0 amide bonds. The van der Waals surface area contributed by atoms with Crippen molar-refractivity contribution in [1.29, 1.82) is 0 Å². The van der Waals surface area contributed by atoms with E-state index < -0.39 is 0 Å². The molecule has 0 saturated carbocycles. The number of nitrogens with one attached hydrogen (secondary N) is 1. The van der Waals surface area contributed by atoms with Gasteiger partial charge >= 0.3 is 0 Å². The average molecular weight is 266 g/mol. The first-order chi connectivity index (χ1) is 8.65. The molecule has 0 spiro atoms. The second-order valence-corrected chi connectivity index (χ2v) is 4.57. The number of halogens is 1. The Morgan fingerprint density at radius 1 is 1.44 bits per heavy atom. The van der Waals surface area contributed by atoms with Gasteiger partial charge in [0.15, 0.2) is 0 Å². The molecule has 3 N–H and O–H groups in total. The molecule has 0 fully saturated rings. The number of aryl methyl sites for hydroxylation is 1. The van der Waals surface area contributed by atoms with Crippen molar-refractivity contribution in [1.82, 2.24) is 10.2 Å². The van der Waals surface area contributed by atoms with Gasteiger partial charge in [0.1, 0.15) is 5.75 Å². The van der Waals surface area contributed by atoms with Crippen LogP contribution in [0.5, 0.6) is 5.75 Å². The molecular formula is C13H16ClN3O. The van der Waals surface area contributed by atoms with E-state index in [1.165, 1.54) is 0 Å². The van der Waals surface area contributed by atoms with E-state index in [1.54, 1.807) is 7.11 Å². The number of nitrogens with zero attached hydrogens (tertiary/aromatic N) is 1. The number of aromatic amines is 1. The van der Waals surface area contributed by atoms with Crippen molar-refractivity contribution < 1.29 is 4.74 Å². The summed E-state index contributed by atoms with van der Waals surface area (Å²) >= 11 is 6.13. The summed E-state index contributed by atoms with van der Waals surface area (Å²) in [6.07, 6.45) is 0. The molecule has 1 heterocycles. The average Bonchev–Trinajstić information content (AvgIpc) is 2.77. The molecule has 18 heavy (non-hydrogen) atoms. The van der Waals surface area contributed by atoms with Crippen molar-refractivity contribution in [2.24, 2.45) is 5.73 Å². The van der Waals surface area contributed by atoms with Crippen molar-refractivity contribution in [2.75, 3.05) is 13.7 Å². The summed E-state index contributed by atoms with van der Waals surface area (Å²) in [5.74, 6) is 0.702. The number of nitrogens with two attached hydrogens (primary N) is 1. The summed E-state index contributed by atoms with van der Waals surface area (Å²) in [5.41, 5.74) is 8.82. The Bertz CT molecular complexity index is 539. The molecule has 1 aromatic carbocycles. The van der Waals surface area contributed by atoms with Gasteiger partial charge in [0.25, 0.3) is 0 Å². The smallest absolute Gasteiger partial charge is 0.137 e. The van der Waals surface area contributed by atoms with Gasteiger partial charge in [-0.25, -0.2) is 0 Å². The summed E-state index contributed by atoms with van der Waals surface area (Å²) in [7, 11) is 1.60. The van der Waals surface area contributed by atoms with Gasteiger partial charge in [0.2, 0.25) is 0 Å². The number of H-pyrrole nitrogens is 1. The van der Waals surface area contributed by atoms with Crippen LogP contribution < -0.4 is 10.5 Å². The van der Waals surface area contributed by atoms with Crippen LogP contribution in [0.15, 0.2) is 24.3 Å². The molecular weight excluding hydrogens is 250 g/mol. The summed E-state index contributed by atoms with van der Waals surface area (Å²) in [6.45, 7) is 2.44. The predicted octanol–water partition coefficient (Wildman–Crippen LogP) is 2.47. The normalized spacial score (nSPS) is 12.4. The molecule has 1 unspecified atom stereocenters. The number of methoxy groups -OCH3 is 1. The molecule has 5 heteroatoms. The summed E-state index contributed by atoms with van der Waals surface area (Å²) in [6, 6.07) is 7.68. The van der Waals surface area contributed by atoms with E-state index in [0.29, 0.717) is 17.3 Å². The topological polar surface area (TPSA) is 63.9 Å². The minimum Gasteiger partial charge on any atom is -0.495 e. The van der Waals surface area contributed by atoms with Crippen LogP contribution in [-0.2, 0) is 0 Å². The van der Waals surface area contributed by atoms with Gasteiger partial charge in [-0.15, -0.1) is 0 Å². The molecule has 2 rings (SSSR count). The van der Waals surface area contributed by atoms with Crippen LogP contribution >= 0.6 is 11.6 Å². The summed E-state index contributed by atoms with van der Waals surface area (Å²) < 4.78 is 5.14. The van der Waals surface area contributed by atoms with Gasteiger partial charge in [0, 0.05) is 18.2 Å². The number of hydrogen-bond donors (Lipinski definition) is 2. The molecule has 1 aromatic heterocycles. The van der Waals surface area contributed by atoms with Crippen molar-refractivity contribution in [3.8, 4) is 5.75 Å². The lowest BCUT2D eigenvalue weighted by Crippen LogP contribution is -2.14. The Kier molecular flexibility index (Phi) is 3.89. The zero-order valence-electron chi connectivity index (χ0n) is 10.4. The molecule has 96 valence electrons. The maximum Gasteiger partial charge on any atom is 0.137 e. The van der Waals surface area contributed by atoms with E-state index in [2.05, 4.69) is 10.2 Å². The number of hydrogen-bond acceptors (Lipinski definition) is 3. The Morgan fingerprint density at radius 3 is 2.72 bits per heavy atom. The van der Waals surface area contributed by atoms with Crippen molar-refractivity contribution >= 4 is 11.6 Å². The fourth-order valence-electron chi connectivity index (χ4n) is 1.94. The SMILES string of the molecule is COc1ccc(C(CN)c2cc(C)[nH]n2)cc1Cl.